The summed E-state index contributed by atoms with van der Waals surface area (Å²) in [7, 11) is 0. The number of aromatic nitrogens is 2. The Balaban J connectivity index is 1.62. The highest BCUT2D eigenvalue weighted by Crippen LogP contribution is 2.52. The van der Waals surface area contributed by atoms with Crippen molar-refractivity contribution in [2.24, 2.45) is 11.8 Å². The van der Waals surface area contributed by atoms with Crippen molar-refractivity contribution in [2.75, 3.05) is 0 Å². The Hall–Kier alpha value is -2.17. The third-order valence-electron chi connectivity index (χ3n) is 4.85. The number of fused-ring (bicyclic) bond motifs is 2. The topological polar surface area (TPSA) is 76.2 Å². The van der Waals surface area contributed by atoms with Crippen LogP contribution in [0.4, 0.5) is 0 Å². The molecule has 2 saturated carbocycles. The number of aromatic carboxylic acids is 1. The lowest BCUT2D eigenvalue weighted by Gasteiger charge is -2.17. The largest absolute Gasteiger partial charge is 0.478 e. The van der Waals surface area contributed by atoms with Gasteiger partial charge in [0.1, 0.15) is 0 Å². The Kier molecular flexibility index (Phi) is 2.80. The highest BCUT2D eigenvalue weighted by atomic mass is 16.4. The fourth-order valence-electron chi connectivity index (χ4n) is 3.83. The third-order valence-corrected chi connectivity index (χ3v) is 4.85. The second-order valence-electron chi connectivity index (χ2n) is 6.11. The van der Waals surface area contributed by atoms with Crippen LogP contribution in [0.1, 0.15) is 47.8 Å². The minimum atomic E-state index is -0.954. The van der Waals surface area contributed by atoms with Crippen molar-refractivity contribution in [3.05, 3.63) is 35.7 Å². The minimum Gasteiger partial charge on any atom is -0.478 e. The Labute approximate surface area is 122 Å². The zero-order valence-electron chi connectivity index (χ0n) is 11.5. The Bertz CT molecular complexity index is 694. The maximum Gasteiger partial charge on any atom is 0.335 e. The van der Waals surface area contributed by atoms with E-state index in [0.717, 1.165) is 18.2 Å². The lowest BCUT2D eigenvalue weighted by molar-refractivity contribution is 0.0697. The van der Waals surface area contributed by atoms with Crippen LogP contribution in [0, 0.1) is 11.8 Å². The first-order valence-corrected chi connectivity index (χ1v) is 7.38. The number of carbonyl (C=O) groups is 1. The number of rotatable bonds is 3. The van der Waals surface area contributed by atoms with Gasteiger partial charge in [0.25, 0.3) is 0 Å². The molecule has 108 valence electrons. The van der Waals surface area contributed by atoms with Gasteiger partial charge in [-0.05, 0) is 49.3 Å². The quantitative estimate of drug-likeness (QED) is 0.935. The van der Waals surface area contributed by atoms with Gasteiger partial charge < -0.3 is 9.52 Å². The monoisotopic (exact) mass is 284 g/mol. The van der Waals surface area contributed by atoms with E-state index in [-0.39, 0.29) is 5.56 Å². The minimum absolute atomic E-state index is 0.229. The Morgan fingerprint density at radius 3 is 2.86 bits per heavy atom. The summed E-state index contributed by atoms with van der Waals surface area (Å²) in [6.45, 7) is 0. The summed E-state index contributed by atoms with van der Waals surface area (Å²) in [5.41, 5.74) is 0.893. The van der Waals surface area contributed by atoms with Crippen molar-refractivity contribution in [2.45, 2.75) is 31.6 Å². The van der Waals surface area contributed by atoms with Gasteiger partial charge in [-0.15, -0.1) is 10.2 Å². The fraction of sp³-hybridized carbons (Fsp3) is 0.438. The van der Waals surface area contributed by atoms with Crippen molar-refractivity contribution in [3.8, 4) is 11.5 Å². The number of hydrogen-bond acceptors (Lipinski definition) is 4. The van der Waals surface area contributed by atoms with Crippen molar-refractivity contribution in [1.29, 1.82) is 0 Å². The predicted octanol–water partition coefficient (Wildman–Crippen LogP) is 3.34. The molecule has 4 rings (SSSR count). The van der Waals surface area contributed by atoms with Crippen LogP contribution in [0.2, 0.25) is 0 Å². The van der Waals surface area contributed by atoms with Crippen LogP contribution < -0.4 is 0 Å². The molecule has 1 aromatic heterocycles. The van der Waals surface area contributed by atoms with Gasteiger partial charge in [0.05, 0.1) is 5.56 Å². The SMILES string of the molecule is O=C(O)c1cccc(-c2nnc(C3CC4CCC3C4)o2)c1. The molecule has 0 spiro atoms. The van der Waals surface area contributed by atoms with Crippen LogP contribution in [-0.2, 0) is 0 Å². The molecular weight excluding hydrogens is 268 g/mol. The molecule has 0 radical (unpaired) electrons. The first-order chi connectivity index (χ1) is 10.2. The van der Waals surface area contributed by atoms with Crippen LogP contribution >= 0.6 is 0 Å². The molecule has 2 bridgehead atoms. The molecule has 0 saturated heterocycles. The van der Waals surface area contributed by atoms with Crippen molar-refractivity contribution in [3.63, 3.8) is 0 Å². The summed E-state index contributed by atoms with van der Waals surface area (Å²) in [6.07, 6.45) is 5.04. The molecule has 2 aliphatic carbocycles. The van der Waals surface area contributed by atoms with E-state index in [4.69, 9.17) is 9.52 Å². The molecular formula is C16H16N2O3. The zero-order valence-corrected chi connectivity index (χ0v) is 11.5. The van der Waals surface area contributed by atoms with Gasteiger partial charge in [-0.2, -0.15) is 0 Å². The maximum atomic E-state index is 11.0. The first-order valence-electron chi connectivity index (χ1n) is 7.38. The Morgan fingerprint density at radius 1 is 1.24 bits per heavy atom. The second-order valence-corrected chi connectivity index (χ2v) is 6.11. The summed E-state index contributed by atoms with van der Waals surface area (Å²) in [4.78, 5) is 11.0. The van der Waals surface area contributed by atoms with E-state index in [1.807, 2.05) is 0 Å². The maximum absolute atomic E-state index is 11.0. The summed E-state index contributed by atoms with van der Waals surface area (Å²) < 4.78 is 5.83. The van der Waals surface area contributed by atoms with E-state index in [1.165, 1.54) is 19.3 Å². The molecule has 2 aliphatic rings. The molecule has 2 fully saturated rings. The summed E-state index contributed by atoms with van der Waals surface area (Å²) in [5, 5.41) is 17.3. The van der Waals surface area contributed by atoms with Gasteiger partial charge in [-0.25, -0.2) is 4.79 Å². The van der Waals surface area contributed by atoms with Crippen LogP contribution in [0.5, 0.6) is 0 Å². The van der Waals surface area contributed by atoms with Gasteiger partial charge in [-0.1, -0.05) is 12.5 Å². The van der Waals surface area contributed by atoms with Crippen molar-refractivity contribution in [1.82, 2.24) is 10.2 Å². The molecule has 1 heterocycles. The second kappa shape index (κ2) is 4.69. The molecule has 1 N–H and O–H groups in total. The number of carboxylic acids is 1. The molecule has 5 heteroatoms. The molecule has 21 heavy (non-hydrogen) atoms. The van der Waals surface area contributed by atoms with E-state index in [2.05, 4.69) is 10.2 Å². The van der Waals surface area contributed by atoms with Crippen LogP contribution in [0.3, 0.4) is 0 Å². The third kappa shape index (κ3) is 2.13. The zero-order chi connectivity index (χ0) is 14.4. The molecule has 5 nitrogen and oxygen atoms in total. The van der Waals surface area contributed by atoms with Crippen LogP contribution in [0.15, 0.2) is 28.7 Å². The van der Waals surface area contributed by atoms with E-state index in [1.54, 1.807) is 24.3 Å². The van der Waals surface area contributed by atoms with E-state index in [0.29, 0.717) is 23.3 Å². The first kappa shape index (κ1) is 12.6. The summed E-state index contributed by atoms with van der Waals surface area (Å²) >= 11 is 0. The van der Waals surface area contributed by atoms with Crippen LogP contribution in [-0.4, -0.2) is 21.3 Å². The van der Waals surface area contributed by atoms with Gasteiger partial charge in [-0.3, -0.25) is 0 Å². The highest BCUT2D eigenvalue weighted by molar-refractivity contribution is 5.88. The lowest BCUT2D eigenvalue weighted by atomic mass is 9.89. The van der Waals surface area contributed by atoms with Gasteiger partial charge in [0.15, 0.2) is 0 Å². The molecule has 0 aliphatic heterocycles. The molecule has 3 unspecified atom stereocenters. The predicted molar refractivity (Wildman–Crippen MR) is 74.9 cm³/mol. The summed E-state index contributed by atoms with van der Waals surface area (Å²) in [6, 6.07) is 6.62. The average molecular weight is 284 g/mol. The Morgan fingerprint density at radius 2 is 2.14 bits per heavy atom. The number of hydrogen-bond donors (Lipinski definition) is 1. The number of benzene rings is 1. The fourth-order valence-corrected chi connectivity index (χ4v) is 3.83. The van der Waals surface area contributed by atoms with E-state index < -0.39 is 5.97 Å². The average Bonchev–Trinajstić information content (AvgIpc) is 3.23. The smallest absolute Gasteiger partial charge is 0.335 e. The molecule has 1 aromatic carbocycles. The summed E-state index contributed by atoms with van der Waals surface area (Å²) in [5.74, 6) is 2.09. The molecule has 0 amide bonds. The number of carboxylic acid groups (broad SMARTS) is 1. The van der Waals surface area contributed by atoms with E-state index >= 15 is 0 Å². The normalized spacial score (nSPS) is 27.1. The van der Waals surface area contributed by atoms with Gasteiger partial charge in [0.2, 0.25) is 11.8 Å². The standard InChI is InChI=1S/C16H16N2O3/c19-16(20)12-3-1-2-11(8-12)14-17-18-15(21-14)13-7-9-4-5-10(13)6-9/h1-3,8-10,13H,4-7H2,(H,19,20). The number of nitrogens with zero attached hydrogens (tertiary/aromatic N) is 2. The highest BCUT2D eigenvalue weighted by Gasteiger charge is 2.42. The van der Waals surface area contributed by atoms with Crippen molar-refractivity contribution >= 4 is 5.97 Å². The van der Waals surface area contributed by atoms with Crippen molar-refractivity contribution < 1.29 is 14.3 Å². The van der Waals surface area contributed by atoms with E-state index in [9.17, 15) is 4.79 Å². The molecule has 3 atom stereocenters. The lowest BCUT2D eigenvalue weighted by Crippen LogP contribution is -2.08. The van der Waals surface area contributed by atoms with Crippen LogP contribution in [0.25, 0.3) is 11.5 Å². The van der Waals surface area contributed by atoms with Gasteiger partial charge in [0, 0.05) is 11.5 Å². The van der Waals surface area contributed by atoms with Gasteiger partial charge >= 0.3 is 5.97 Å². The molecule has 2 aromatic rings.